The Bertz CT molecular complexity index is 1280. The number of halogens is 2. The number of fused-ring (bicyclic) bond motifs is 3. The highest BCUT2D eigenvalue weighted by molar-refractivity contribution is 6.42. The number of nitrogens with zero attached hydrogens (tertiary/aromatic N) is 1. The molecular formula is C26H21Cl2NO3. The van der Waals surface area contributed by atoms with Gasteiger partial charge in [0.25, 0.3) is 0 Å². The third-order valence-corrected chi connectivity index (χ3v) is 6.46. The summed E-state index contributed by atoms with van der Waals surface area (Å²) in [7, 11) is 0. The number of hydrogen-bond acceptors (Lipinski definition) is 4. The Morgan fingerprint density at radius 2 is 1.91 bits per heavy atom. The molecule has 32 heavy (non-hydrogen) atoms. The van der Waals surface area contributed by atoms with E-state index >= 15 is 0 Å². The fraction of sp³-hybridized carbons (Fsp3) is 0.192. The smallest absolute Gasteiger partial charge is 0.232 e. The molecule has 4 nitrogen and oxygen atoms in total. The number of hydrogen-bond donors (Lipinski definition) is 0. The van der Waals surface area contributed by atoms with Crippen molar-refractivity contribution in [2.45, 2.75) is 26.9 Å². The molecule has 2 aliphatic rings. The van der Waals surface area contributed by atoms with Gasteiger partial charge in [0.1, 0.15) is 18.2 Å². The molecular weight excluding hydrogens is 445 g/mol. The van der Waals surface area contributed by atoms with Gasteiger partial charge in [-0.15, -0.1) is 0 Å². The van der Waals surface area contributed by atoms with E-state index in [-0.39, 0.29) is 5.78 Å². The summed E-state index contributed by atoms with van der Waals surface area (Å²) >= 11 is 12.2. The molecule has 5 rings (SSSR count). The highest BCUT2D eigenvalue weighted by atomic mass is 35.5. The number of benzene rings is 3. The molecule has 6 heteroatoms. The number of ketones is 1. The number of ether oxygens (including phenoxy) is 2. The van der Waals surface area contributed by atoms with Crippen molar-refractivity contribution in [1.29, 1.82) is 0 Å². The van der Waals surface area contributed by atoms with Gasteiger partial charge in [-0.2, -0.15) is 0 Å². The van der Waals surface area contributed by atoms with E-state index in [0.717, 1.165) is 33.6 Å². The molecule has 3 aromatic carbocycles. The lowest BCUT2D eigenvalue weighted by Gasteiger charge is -2.30. The predicted octanol–water partition coefficient (Wildman–Crippen LogP) is 6.58. The Morgan fingerprint density at radius 3 is 2.69 bits per heavy atom. The molecule has 0 bridgehead atoms. The molecule has 0 saturated heterocycles. The van der Waals surface area contributed by atoms with Crippen molar-refractivity contribution < 1.29 is 14.3 Å². The first-order valence-corrected chi connectivity index (χ1v) is 11.1. The molecule has 0 amide bonds. The monoisotopic (exact) mass is 465 g/mol. The molecule has 0 N–H and O–H groups in total. The van der Waals surface area contributed by atoms with Crippen molar-refractivity contribution in [2.24, 2.45) is 0 Å². The van der Waals surface area contributed by atoms with E-state index in [1.807, 2.05) is 56.3 Å². The SMILES string of the molecule is Cc1cccc(/C=C2\Oc3c4c(cc(C)c3C2=O)OCN(Cc2ccc(Cl)c(Cl)c2)C4)c1. The summed E-state index contributed by atoms with van der Waals surface area (Å²) in [5.41, 5.74) is 5.45. The average molecular weight is 466 g/mol. The molecule has 0 radical (unpaired) electrons. The van der Waals surface area contributed by atoms with Crippen LogP contribution in [-0.4, -0.2) is 17.4 Å². The first-order valence-electron chi connectivity index (χ1n) is 10.4. The van der Waals surface area contributed by atoms with Gasteiger partial charge in [-0.25, -0.2) is 0 Å². The summed E-state index contributed by atoms with van der Waals surface area (Å²) in [6.07, 6.45) is 1.80. The van der Waals surface area contributed by atoms with E-state index in [2.05, 4.69) is 4.90 Å². The van der Waals surface area contributed by atoms with Crippen LogP contribution in [-0.2, 0) is 13.1 Å². The second kappa shape index (κ2) is 8.28. The molecule has 0 fully saturated rings. The summed E-state index contributed by atoms with van der Waals surface area (Å²) in [4.78, 5) is 15.3. The van der Waals surface area contributed by atoms with Crippen molar-refractivity contribution in [3.63, 3.8) is 0 Å². The minimum atomic E-state index is -0.0941. The van der Waals surface area contributed by atoms with E-state index in [1.54, 1.807) is 12.1 Å². The zero-order valence-corrected chi connectivity index (χ0v) is 19.3. The maximum absolute atomic E-state index is 13.2. The molecule has 162 valence electrons. The number of rotatable bonds is 3. The van der Waals surface area contributed by atoms with Crippen molar-refractivity contribution in [2.75, 3.05) is 6.73 Å². The average Bonchev–Trinajstić information content (AvgIpc) is 3.08. The predicted molar refractivity (Wildman–Crippen MR) is 126 cm³/mol. The van der Waals surface area contributed by atoms with Crippen LogP contribution in [0.3, 0.4) is 0 Å². The van der Waals surface area contributed by atoms with Gasteiger partial charge in [-0.05, 0) is 54.8 Å². The highest BCUT2D eigenvalue weighted by Crippen LogP contribution is 2.44. The number of carbonyl (C=O) groups excluding carboxylic acids is 1. The largest absolute Gasteiger partial charge is 0.478 e. The lowest BCUT2D eigenvalue weighted by atomic mass is 9.98. The van der Waals surface area contributed by atoms with Crippen LogP contribution in [0.5, 0.6) is 11.5 Å². The Morgan fingerprint density at radius 1 is 1.06 bits per heavy atom. The summed E-state index contributed by atoms with van der Waals surface area (Å²) in [5, 5.41) is 1.06. The number of allylic oxidation sites excluding steroid dienone is 1. The van der Waals surface area contributed by atoms with Gasteiger partial charge in [-0.3, -0.25) is 9.69 Å². The van der Waals surface area contributed by atoms with Crippen LogP contribution in [0.2, 0.25) is 10.0 Å². The van der Waals surface area contributed by atoms with Crippen molar-refractivity contribution in [3.8, 4) is 11.5 Å². The molecule has 0 unspecified atom stereocenters. The van der Waals surface area contributed by atoms with E-state index in [9.17, 15) is 4.79 Å². The Labute approximate surface area is 197 Å². The summed E-state index contributed by atoms with van der Waals surface area (Å²) in [6, 6.07) is 15.5. The molecule has 0 aromatic heterocycles. The Kier molecular flexibility index (Phi) is 5.46. The first-order chi connectivity index (χ1) is 15.4. The standard InChI is InChI=1S/C26H21Cl2NO3/c1-15-4-3-5-17(8-15)11-23-25(30)24-16(2)9-22-19(26(24)32-23)13-29(14-31-22)12-18-6-7-20(27)21(28)10-18/h3-11H,12-14H2,1-2H3/b23-11-. The second-order valence-corrected chi connectivity index (χ2v) is 9.05. The van der Waals surface area contributed by atoms with E-state index in [0.29, 0.717) is 46.9 Å². The van der Waals surface area contributed by atoms with Gasteiger partial charge in [0.05, 0.1) is 21.2 Å². The van der Waals surface area contributed by atoms with Crippen LogP contribution in [0.1, 0.15) is 38.2 Å². The van der Waals surface area contributed by atoms with Crippen molar-refractivity contribution in [3.05, 3.63) is 97.7 Å². The van der Waals surface area contributed by atoms with Crippen LogP contribution < -0.4 is 9.47 Å². The normalized spacial score (nSPS) is 16.5. The fourth-order valence-corrected chi connectivity index (χ4v) is 4.51. The summed E-state index contributed by atoms with van der Waals surface area (Å²) in [5.74, 6) is 1.60. The van der Waals surface area contributed by atoms with Crippen LogP contribution in [0.15, 0.2) is 54.3 Å². The molecule has 3 aromatic rings. The van der Waals surface area contributed by atoms with Crippen molar-refractivity contribution >= 4 is 35.1 Å². The van der Waals surface area contributed by atoms with E-state index in [4.69, 9.17) is 32.7 Å². The molecule has 2 heterocycles. The van der Waals surface area contributed by atoms with Crippen LogP contribution >= 0.6 is 23.2 Å². The van der Waals surface area contributed by atoms with Crippen molar-refractivity contribution in [1.82, 2.24) is 4.90 Å². The molecule has 2 aliphatic heterocycles. The van der Waals surface area contributed by atoms with Crippen LogP contribution in [0.25, 0.3) is 6.08 Å². The quantitative estimate of drug-likeness (QED) is 0.409. The molecule has 0 atom stereocenters. The van der Waals surface area contributed by atoms with Crippen LogP contribution in [0, 0.1) is 13.8 Å². The number of Topliss-reactive ketones (excluding diaryl/α,β-unsaturated/α-hetero) is 1. The fourth-order valence-electron chi connectivity index (χ4n) is 4.18. The lowest BCUT2D eigenvalue weighted by Crippen LogP contribution is -2.31. The Hall–Kier alpha value is -2.79. The summed E-state index contributed by atoms with van der Waals surface area (Å²) < 4.78 is 12.2. The van der Waals surface area contributed by atoms with E-state index in [1.165, 1.54) is 0 Å². The third kappa shape index (κ3) is 3.90. The maximum atomic E-state index is 13.2. The topological polar surface area (TPSA) is 38.8 Å². The Balaban J connectivity index is 1.45. The lowest BCUT2D eigenvalue weighted by molar-refractivity contribution is 0.0872. The number of aryl methyl sites for hydroxylation is 2. The highest BCUT2D eigenvalue weighted by Gasteiger charge is 2.35. The first kappa shape index (κ1) is 21.1. The minimum Gasteiger partial charge on any atom is -0.478 e. The molecule has 0 spiro atoms. The van der Waals surface area contributed by atoms with Gasteiger partial charge in [0, 0.05) is 13.1 Å². The zero-order valence-electron chi connectivity index (χ0n) is 17.7. The third-order valence-electron chi connectivity index (χ3n) is 5.72. The minimum absolute atomic E-state index is 0.0941. The summed E-state index contributed by atoms with van der Waals surface area (Å²) in [6.45, 7) is 5.61. The van der Waals surface area contributed by atoms with Gasteiger partial charge in [-0.1, -0.05) is 59.1 Å². The zero-order chi connectivity index (χ0) is 22.4. The van der Waals surface area contributed by atoms with Crippen LogP contribution in [0.4, 0.5) is 0 Å². The molecule has 0 aliphatic carbocycles. The van der Waals surface area contributed by atoms with Gasteiger partial charge >= 0.3 is 0 Å². The number of carbonyl (C=O) groups is 1. The van der Waals surface area contributed by atoms with Gasteiger partial charge in [0.2, 0.25) is 5.78 Å². The molecule has 0 saturated carbocycles. The van der Waals surface area contributed by atoms with Gasteiger partial charge < -0.3 is 9.47 Å². The second-order valence-electron chi connectivity index (χ2n) is 8.24. The van der Waals surface area contributed by atoms with Gasteiger partial charge in [0.15, 0.2) is 5.76 Å². The maximum Gasteiger partial charge on any atom is 0.232 e. The van der Waals surface area contributed by atoms with E-state index < -0.39 is 0 Å².